The van der Waals surface area contributed by atoms with E-state index in [0.717, 1.165) is 6.92 Å². The van der Waals surface area contributed by atoms with Gasteiger partial charge in [-0.15, -0.1) is 0 Å². The van der Waals surface area contributed by atoms with Gasteiger partial charge in [0.2, 0.25) is 5.91 Å². The molecule has 3 rings (SSSR count). The molecule has 0 spiro atoms. The predicted octanol–water partition coefficient (Wildman–Crippen LogP) is -7.60. The maximum Gasteiger partial charge on any atom is 0.397 e. The summed E-state index contributed by atoms with van der Waals surface area (Å²) in [6.45, 7) is -1.75. The first-order valence-electron chi connectivity index (χ1n) is 12.2. The van der Waals surface area contributed by atoms with Crippen molar-refractivity contribution in [1.29, 1.82) is 0 Å². The highest BCUT2D eigenvalue weighted by atomic mass is 32.3. The standard InChI is InChI=1S/C20H35NO19S/c1-5(24)21-9-12(27)16(39-20-14(29)13(28)10(25)6(2-22)37-20)8(4-35-41(32,33)34)38-19(9)40-17-11(26)7(3-23)36-18(31)15(17)30/h6-20,22-23,25-31H,2-4H2,1H3,(H,21,24)(H,32,33,34)/t6-,7-,8-,9-,10+,11+,12-,13+,14-,15-,16-,17+,18?,19+,20+/m1/s1. The average Bonchev–Trinajstić information content (AvgIpc) is 2.90. The molecule has 21 heteroatoms. The van der Waals surface area contributed by atoms with Gasteiger partial charge in [0.05, 0.1) is 19.8 Å². The minimum atomic E-state index is -5.12. The molecule has 0 aromatic carbocycles. The van der Waals surface area contributed by atoms with Gasteiger partial charge >= 0.3 is 10.4 Å². The summed E-state index contributed by atoms with van der Waals surface area (Å²) in [5, 5.41) is 93.6. The van der Waals surface area contributed by atoms with Crippen LogP contribution >= 0.6 is 0 Å². The van der Waals surface area contributed by atoms with Crippen molar-refractivity contribution in [2.45, 2.75) is 99.0 Å². The molecule has 3 fully saturated rings. The molecule has 0 aromatic heterocycles. The minimum Gasteiger partial charge on any atom is -0.394 e. The van der Waals surface area contributed by atoms with Crippen molar-refractivity contribution in [3.05, 3.63) is 0 Å². The number of hydrogen-bond donors (Lipinski definition) is 11. The molecule has 3 heterocycles. The summed E-state index contributed by atoms with van der Waals surface area (Å²) in [4.78, 5) is 12.0. The molecule has 11 N–H and O–H groups in total. The Kier molecular flexibility index (Phi) is 11.7. The van der Waals surface area contributed by atoms with E-state index < -0.39 is 128 Å². The summed E-state index contributed by atoms with van der Waals surface area (Å²) in [6.07, 6.45) is -25.4. The van der Waals surface area contributed by atoms with Crippen LogP contribution in [0.4, 0.5) is 0 Å². The van der Waals surface area contributed by atoms with Gasteiger partial charge in [0.15, 0.2) is 18.9 Å². The molecule has 0 bridgehead atoms. The lowest BCUT2D eigenvalue weighted by atomic mass is 9.94. The Labute approximate surface area is 232 Å². The van der Waals surface area contributed by atoms with E-state index in [1.54, 1.807) is 0 Å². The molecular weight excluding hydrogens is 590 g/mol. The van der Waals surface area contributed by atoms with Gasteiger partial charge in [-0.3, -0.25) is 9.35 Å². The predicted molar refractivity (Wildman–Crippen MR) is 123 cm³/mol. The maximum absolute atomic E-state index is 12.0. The van der Waals surface area contributed by atoms with Gasteiger partial charge < -0.3 is 75.0 Å². The van der Waals surface area contributed by atoms with E-state index in [0.29, 0.717) is 0 Å². The van der Waals surface area contributed by atoms with Crippen LogP contribution in [0.1, 0.15) is 6.92 Å². The fraction of sp³-hybridized carbons (Fsp3) is 0.950. The second-order valence-electron chi connectivity index (χ2n) is 9.60. The fourth-order valence-corrected chi connectivity index (χ4v) is 4.90. The van der Waals surface area contributed by atoms with Crippen molar-refractivity contribution in [3.63, 3.8) is 0 Å². The van der Waals surface area contributed by atoms with Crippen LogP contribution in [0.5, 0.6) is 0 Å². The number of carbonyl (C=O) groups is 1. The third-order valence-corrected chi connectivity index (χ3v) is 7.13. The van der Waals surface area contributed by atoms with Gasteiger partial charge in [0.1, 0.15) is 73.2 Å². The number of carbonyl (C=O) groups excluding carboxylic acids is 1. The molecule has 1 unspecified atom stereocenters. The van der Waals surface area contributed by atoms with Gasteiger partial charge in [-0.1, -0.05) is 0 Å². The summed E-state index contributed by atoms with van der Waals surface area (Å²) in [5.74, 6) is -0.785. The van der Waals surface area contributed by atoms with Crippen LogP contribution in [-0.2, 0) is 43.1 Å². The SMILES string of the molecule is CC(=O)N[C@H]1[C@H](O[C@H]2[C@@H](O)[C@@H](CO)OC(O)[C@@H]2O)O[C@H](COS(=O)(=O)O)[C@@H](O[C@@H]2O[C@H](CO)[C@H](O)[C@H](O)[C@H]2O)[C@@H]1O. The van der Waals surface area contributed by atoms with Crippen molar-refractivity contribution < 1.29 is 91.6 Å². The molecule has 41 heavy (non-hydrogen) atoms. The number of nitrogens with one attached hydrogen (secondary N) is 1. The number of amides is 1. The van der Waals surface area contributed by atoms with Gasteiger partial charge in [-0.05, 0) is 0 Å². The molecule has 15 atom stereocenters. The number of hydrogen-bond acceptors (Lipinski definition) is 18. The Morgan fingerprint density at radius 2 is 1.29 bits per heavy atom. The lowest BCUT2D eigenvalue weighted by molar-refractivity contribution is -0.365. The minimum absolute atomic E-state index is 0.785. The zero-order valence-corrected chi connectivity index (χ0v) is 22.2. The lowest BCUT2D eigenvalue weighted by Crippen LogP contribution is -2.69. The second-order valence-corrected chi connectivity index (χ2v) is 10.7. The summed E-state index contributed by atoms with van der Waals surface area (Å²) < 4.78 is 62.8. The van der Waals surface area contributed by atoms with Gasteiger partial charge in [-0.25, -0.2) is 4.18 Å². The van der Waals surface area contributed by atoms with Crippen molar-refractivity contribution in [1.82, 2.24) is 5.32 Å². The van der Waals surface area contributed by atoms with Gasteiger partial charge in [0.25, 0.3) is 0 Å². The Morgan fingerprint density at radius 3 is 1.85 bits per heavy atom. The van der Waals surface area contributed by atoms with Crippen LogP contribution in [0, 0.1) is 0 Å². The largest absolute Gasteiger partial charge is 0.397 e. The van der Waals surface area contributed by atoms with Crippen LogP contribution in [-0.4, -0.2) is 177 Å². The van der Waals surface area contributed by atoms with Crippen molar-refractivity contribution >= 4 is 16.3 Å². The zero-order chi connectivity index (χ0) is 30.8. The Bertz CT molecular complexity index is 970. The van der Waals surface area contributed by atoms with Crippen LogP contribution in [0.15, 0.2) is 0 Å². The highest BCUT2D eigenvalue weighted by Crippen LogP contribution is 2.32. The van der Waals surface area contributed by atoms with Crippen LogP contribution in [0.2, 0.25) is 0 Å². The van der Waals surface area contributed by atoms with Crippen LogP contribution in [0.3, 0.4) is 0 Å². The normalized spacial score (nSPS) is 45.8. The number of rotatable bonds is 10. The summed E-state index contributed by atoms with van der Waals surface area (Å²) in [5.41, 5.74) is 0. The van der Waals surface area contributed by atoms with Crippen molar-refractivity contribution in [3.8, 4) is 0 Å². The lowest BCUT2D eigenvalue weighted by Gasteiger charge is -2.49. The first-order valence-corrected chi connectivity index (χ1v) is 13.6. The summed E-state index contributed by atoms with van der Waals surface area (Å²) in [6, 6.07) is -1.66. The molecule has 240 valence electrons. The first kappa shape index (κ1) is 34.3. The molecule has 0 saturated carbocycles. The molecule has 0 aliphatic carbocycles. The topological polar surface area (TPSA) is 321 Å². The number of aliphatic hydroxyl groups excluding tert-OH is 9. The quantitative estimate of drug-likeness (QED) is 0.100. The molecule has 0 aromatic rings. The fourth-order valence-electron chi connectivity index (χ4n) is 4.60. The molecule has 3 aliphatic rings. The monoisotopic (exact) mass is 625 g/mol. The molecule has 20 nitrogen and oxygen atoms in total. The molecule has 3 saturated heterocycles. The van der Waals surface area contributed by atoms with E-state index in [2.05, 4.69) is 9.50 Å². The van der Waals surface area contributed by atoms with Crippen LogP contribution < -0.4 is 5.32 Å². The Morgan fingerprint density at radius 1 is 0.732 bits per heavy atom. The van der Waals surface area contributed by atoms with Crippen molar-refractivity contribution in [2.24, 2.45) is 0 Å². The van der Waals surface area contributed by atoms with E-state index in [4.69, 9.17) is 28.2 Å². The third-order valence-electron chi connectivity index (χ3n) is 6.70. The van der Waals surface area contributed by atoms with E-state index in [1.807, 2.05) is 0 Å². The molecular formula is C20H35NO19S. The first-order chi connectivity index (χ1) is 19.1. The summed E-state index contributed by atoms with van der Waals surface area (Å²) in [7, 11) is -5.12. The smallest absolute Gasteiger partial charge is 0.394 e. The average molecular weight is 626 g/mol. The molecule has 3 aliphatic heterocycles. The highest BCUT2D eigenvalue weighted by molar-refractivity contribution is 7.80. The summed E-state index contributed by atoms with van der Waals surface area (Å²) >= 11 is 0. The van der Waals surface area contributed by atoms with E-state index >= 15 is 0 Å². The number of ether oxygens (including phenoxy) is 5. The van der Waals surface area contributed by atoms with Gasteiger partial charge in [0, 0.05) is 6.92 Å². The van der Waals surface area contributed by atoms with Gasteiger partial charge in [-0.2, -0.15) is 8.42 Å². The zero-order valence-electron chi connectivity index (χ0n) is 21.3. The Hall–Kier alpha value is -1.22. The second kappa shape index (κ2) is 14.0. The molecule has 0 radical (unpaired) electrons. The Balaban J connectivity index is 1.93. The molecule has 1 amide bonds. The van der Waals surface area contributed by atoms with Crippen LogP contribution in [0.25, 0.3) is 0 Å². The highest BCUT2D eigenvalue weighted by Gasteiger charge is 2.54. The van der Waals surface area contributed by atoms with E-state index in [-0.39, 0.29) is 0 Å². The number of aliphatic hydroxyl groups is 9. The van der Waals surface area contributed by atoms with E-state index in [9.17, 15) is 59.2 Å². The van der Waals surface area contributed by atoms with E-state index in [1.165, 1.54) is 0 Å². The maximum atomic E-state index is 12.0. The van der Waals surface area contributed by atoms with Crippen molar-refractivity contribution in [2.75, 3.05) is 19.8 Å². The third kappa shape index (κ3) is 8.04.